The van der Waals surface area contributed by atoms with Gasteiger partial charge in [-0.25, -0.2) is 0 Å². The number of aliphatic hydroxyl groups excluding tert-OH is 1. The van der Waals surface area contributed by atoms with Crippen LogP contribution in [0.25, 0.3) is 0 Å². The molecule has 0 aliphatic carbocycles. The average molecular weight is 215 g/mol. The van der Waals surface area contributed by atoms with Crippen LogP contribution in [0.1, 0.15) is 6.92 Å². The van der Waals surface area contributed by atoms with Crippen molar-refractivity contribution < 1.29 is 27.8 Å². The Balaban J connectivity index is 3.97. The van der Waals surface area contributed by atoms with Crippen molar-refractivity contribution in [2.45, 2.75) is 19.1 Å². The van der Waals surface area contributed by atoms with Crippen LogP contribution in [0.15, 0.2) is 0 Å². The minimum Gasteiger partial charge on any atom is -0.465 e. The van der Waals surface area contributed by atoms with E-state index < -0.39 is 31.3 Å². The van der Waals surface area contributed by atoms with E-state index in [1.54, 1.807) is 0 Å². The Morgan fingerprint density at radius 1 is 1.57 bits per heavy atom. The van der Waals surface area contributed by atoms with E-state index in [9.17, 15) is 18.0 Å². The number of halogens is 3. The highest BCUT2D eigenvalue weighted by Crippen LogP contribution is 2.12. The largest absolute Gasteiger partial charge is 0.465 e. The van der Waals surface area contributed by atoms with E-state index in [1.165, 1.54) is 6.92 Å². The maximum atomic E-state index is 11.7. The third-order valence-electron chi connectivity index (χ3n) is 1.30. The Kier molecular flexibility index (Phi) is 5.47. The summed E-state index contributed by atoms with van der Waals surface area (Å²) < 4.78 is 39.5. The molecule has 2 N–H and O–H groups in total. The van der Waals surface area contributed by atoms with Crippen molar-refractivity contribution in [3.63, 3.8) is 0 Å². The first-order valence-electron chi connectivity index (χ1n) is 3.98. The first kappa shape index (κ1) is 13.2. The number of esters is 1. The second-order valence-electron chi connectivity index (χ2n) is 2.48. The Bertz CT molecular complexity index is 184. The molecule has 1 unspecified atom stereocenters. The van der Waals surface area contributed by atoms with Gasteiger partial charge in [0.1, 0.15) is 6.04 Å². The number of aliphatic hydroxyl groups is 1. The lowest BCUT2D eigenvalue weighted by molar-refractivity contribution is -0.150. The van der Waals surface area contributed by atoms with Crippen LogP contribution in [-0.2, 0) is 9.53 Å². The van der Waals surface area contributed by atoms with Gasteiger partial charge in [0, 0.05) is 0 Å². The quantitative estimate of drug-likeness (QED) is 0.637. The summed E-state index contributed by atoms with van der Waals surface area (Å²) in [6.45, 7) is -0.481. The second-order valence-corrected chi connectivity index (χ2v) is 2.48. The molecule has 0 saturated carbocycles. The molecule has 0 amide bonds. The molecule has 0 rings (SSSR count). The molecule has 84 valence electrons. The molecule has 0 aliphatic rings. The summed E-state index contributed by atoms with van der Waals surface area (Å²) in [5, 5.41) is 10.4. The summed E-state index contributed by atoms with van der Waals surface area (Å²) in [5.74, 6) is -0.890. The van der Waals surface area contributed by atoms with Gasteiger partial charge in [0.15, 0.2) is 0 Å². The SMILES string of the molecule is CCOC(=O)C(CO)NCC(F)(F)F. The van der Waals surface area contributed by atoms with E-state index in [4.69, 9.17) is 5.11 Å². The highest BCUT2D eigenvalue weighted by Gasteiger charge is 2.30. The zero-order valence-electron chi connectivity index (χ0n) is 7.60. The lowest BCUT2D eigenvalue weighted by atomic mass is 10.3. The molecule has 0 radical (unpaired) electrons. The molecule has 0 aromatic carbocycles. The zero-order valence-corrected chi connectivity index (χ0v) is 7.60. The van der Waals surface area contributed by atoms with Crippen LogP contribution < -0.4 is 5.32 Å². The molecular weight excluding hydrogens is 203 g/mol. The van der Waals surface area contributed by atoms with Gasteiger partial charge < -0.3 is 9.84 Å². The third kappa shape index (κ3) is 5.76. The molecule has 0 saturated heterocycles. The smallest absolute Gasteiger partial charge is 0.401 e. The van der Waals surface area contributed by atoms with Crippen molar-refractivity contribution in [2.75, 3.05) is 19.8 Å². The fourth-order valence-corrected chi connectivity index (χ4v) is 0.704. The van der Waals surface area contributed by atoms with Crippen LogP contribution in [0.2, 0.25) is 0 Å². The van der Waals surface area contributed by atoms with E-state index in [0.29, 0.717) is 0 Å². The van der Waals surface area contributed by atoms with Gasteiger partial charge in [0.25, 0.3) is 0 Å². The zero-order chi connectivity index (χ0) is 11.2. The van der Waals surface area contributed by atoms with Crippen LogP contribution in [-0.4, -0.2) is 43.1 Å². The maximum Gasteiger partial charge on any atom is 0.401 e. The van der Waals surface area contributed by atoms with Gasteiger partial charge in [-0.05, 0) is 6.92 Å². The number of ether oxygens (including phenoxy) is 1. The fraction of sp³-hybridized carbons (Fsp3) is 0.857. The monoisotopic (exact) mass is 215 g/mol. The lowest BCUT2D eigenvalue weighted by Gasteiger charge is -2.15. The molecule has 4 nitrogen and oxygen atoms in total. The fourth-order valence-electron chi connectivity index (χ4n) is 0.704. The lowest BCUT2D eigenvalue weighted by Crippen LogP contribution is -2.45. The minimum atomic E-state index is -4.42. The second kappa shape index (κ2) is 5.82. The number of hydrogen-bond donors (Lipinski definition) is 2. The first-order chi connectivity index (χ1) is 6.40. The van der Waals surface area contributed by atoms with E-state index >= 15 is 0 Å². The standard InChI is InChI=1S/C7H12F3NO3/c1-2-14-6(13)5(3-12)11-4-7(8,9)10/h5,11-12H,2-4H2,1H3. The normalized spacial score (nSPS) is 13.8. The van der Waals surface area contributed by atoms with E-state index in [1.807, 2.05) is 5.32 Å². The Morgan fingerprint density at radius 2 is 2.14 bits per heavy atom. The van der Waals surface area contributed by atoms with Crippen molar-refractivity contribution in [1.29, 1.82) is 0 Å². The number of hydrogen-bond acceptors (Lipinski definition) is 4. The summed E-state index contributed by atoms with van der Waals surface area (Å²) in [6.07, 6.45) is -4.42. The van der Waals surface area contributed by atoms with Gasteiger partial charge in [-0.3, -0.25) is 10.1 Å². The van der Waals surface area contributed by atoms with Crippen molar-refractivity contribution in [3.8, 4) is 0 Å². The Morgan fingerprint density at radius 3 is 2.50 bits per heavy atom. The summed E-state index contributed by atoms with van der Waals surface area (Å²) in [5.41, 5.74) is 0. The Labute approximate surface area is 79.0 Å². The van der Waals surface area contributed by atoms with Crippen LogP contribution >= 0.6 is 0 Å². The van der Waals surface area contributed by atoms with Crippen LogP contribution in [0.4, 0.5) is 13.2 Å². The molecule has 7 heteroatoms. The predicted molar refractivity (Wildman–Crippen MR) is 41.6 cm³/mol. The maximum absolute atomic E-state index is 11.7. The molecule has 0 aliphatic heterocycles. The Hall–Kier alpha value is -0.820. The average Bonchev–Trinajstić information content (AvgIpc) is 2.03. The molecule has 14 heavy (non-hydrogen) atoms. The van der Waals surface area contributed by atoms with Crippen molar-refractivity contribution in [1.82, 2.24) is 5.32 Å². The highest BCUT2D eigenvalue weighted by molar-refractivity contribution is 5.75. The predicted octanol–water partition coefficient (Wildman–Crippen LogP) is 0.0623. The van der Waals surface area contributed by atoms with Gasteiger partial charge >= 0.3 is 12.1 Å². The van der Waals surface area contributed by atoms with E-state index in [0.717, 1.165) is 0 Å². The number of nitrogens with one attached hydrogen (secondary N) is 1. The van der Waals surface area contributed by atoms with E-state index in [-0.39, 0.29) is 6.61 Å². The number of carbonyl (C=O) groups is 1. The van der Waals surface area contributed by atoms with Gasteiger partial charge in [0.2, 0.25) is 0 Å². The van der Waals surface area contributed by atoms with E-state index in [2.05, 4.69) is 4.74 Å². The first-order valence-corrected chi connectivity index (χ1v) is 3.98. The van der Waals surface area contributed by atoms with Crippen molar-refractivity contribution >= 4 is 5.97 Å². The van der Waals surface area contributed by atoms with Gasteiger partial charge in [-0.2, -0.15) is 13.2 Å². The molecule has 0 fully saturated rings. The molecule has 0 heterocycles. The topological polar surface area (TPSA) is 58.6 Å². The van der Waals surface area contributed by atoms with Crippen LogP contribution in [0.3, 0.4) is 0 Å². The van der Waals surface area contributed by atoms with Gasteiger partial charge in [0.05, 0.1) is 19.8 Å². The van der Waals surface area contributed by atoms with Crippen LogP contribution in [0, 0.1) is 0 Å². The summed E-state index contributed by atoms with van der Waals surface area (Å²) >= 11 is 0. The van der Waals surface area contributed by atoms with Crippen LogP contribution in [0.5, 0.6) is 0 Å². The molecule has 0 bridgehead atoms. The molecule has 1 atom stereocenters. The summed E-state index contributed by atoms with van der Waals surface area (Å²) in [4.78, 5) is 10.9. The molecule has 0 aromatic heterocycles. The summed E-state index contributed by atoms with van der Waals surface area (Å²) in [7, 11) is 0. The molecule has 0 aromatic rings. The number of alkyl halides is 3. The summed E-state index contributed by atoms with van der Waals surface area (Å²) in [6, 6.07) is -1.32. The molecular formula is C7H12F3NO3. The number of rotatable bonds is 5. The third-order valence-corrected chi connectivity index (χ3v) is 1.30. The number of carbonyl (C=O) groups excluding carboxylic acids is 1. The molecule has 0 spiro atoms. The van der Waals surface area contributed by atoms with Gasteiger partial charge in [-0.15, -0.1) is 0 Å². The van der Waals surface area contributed by atoms with Crippen molar-refractivity contribution in [3.05, 3.63) is 0 Å². The van der Waals surface area contributed by atoms with Crippen molar-refractivity contribution in [2.24, 2.45) is 0 Å². The highest BCUT2D eigenvalue weighted by atomic mass is 19.4. The minimum absolute atomic E-state index is 0.0586. The van der Waals surface area contributed by atoms with Gasteiger partial charge in [-0.1, -0.05) is 0 Å².